The minimum atomic E-state index is 0.548. The Morgan fingerprint density at radius 3 is 2.91 bits per heavy atom. The molecule has 6 nitrogen and oxygen atoms in total. The lowest BCUT2D eigenvalue weighted by molar-refractivity contribution is 0.261. The number of aryl methyl sites for hydroxylation is 1. The Hall–Kier alpha value is -2.18. The molecule has 0 amide bonds. The van der Waals surface area contributed by atoms with Gasteiger partial charge in [0.05, 0.1) is 12.7 Å². The highest BCUT2D eigenvalue weighted by molar-refractivity contribution is 6.30. The number of aromatic nitrogens is 4. The number of nitrogens with zero attached hydrogens (tertiary/aromatic N) is 5. The molecule has 1 aromatic carbocycles. The van der Waals surface area contributed by atoms with Crippen LogP contribution in [0.5, 0.6) is 0 Å². The van der Waals surface area contributed by atoms with Crippen LogP contribution in [0.25, 0.3) is 11.4 Å². The van der Waals surface area contributed by atoms with Crippen molar-refractivity contribution in [2.45, 2.75) is 13.1 Å². The first-order valence-corrected chi connectivity index (χ1v) is 7.22. The zero-order valence-electron chi connectivity index (χ0n) is 12.4. The summed E-state index contributed by atoms with van der Waals surface area (Å²) in [7, 11) is 3.90. The monoisotopic (exact) mass is 317 g/mol. The van der Waals surface area contributed by atoms with Crippen LogP contribution < -0.4 is 0 Å². The third-order valence-electron chi connectivity index (χ3n) is 3.17. The van der Waals surface area contributed by atoms with E-state index in [1.807, 2.05) is 50.8 Å². The van der Waals surface area contributed by atoms with Crippen LogP contribution in [-0.4, -0.2) is 31.9 Å². The molecule has 0 N–H and O–H groups in total. The molecule has 0 unspecified atom stereocenters. The molecule has 114 valence electrons. The van der Waals surface area contributed by atoms with Crippen molar-refractivity contribution in [3.8, 4) is 11.4 Å². The highest BCUT2D eigenvalue weighted by Crippen LogP contribution is 2.20. The second-order valence-electron chi connectivity index (χ2n) is 5.22. The molecule has 0 saturated carbocycles. The van der Waals surface area contributed by atoms with Crippen molar-refractivity contribution in [2.75, 3.05) is 7.05 Å². The lowest BCUT2D eigenvalue weighted by atomic mass is 10.2. The summed E-state index contributed by atoms with van der Waals surface area (Å²) in [4.78, 5) is 6.50. The maximum atomic E-state index is 5.98. The van der Waals surface area contributed by atoms with E-state index in [2.05, 4.69) is 20.1 Å². The number of benzene rings is 1. The molecule has 0 aliphatic rings. The van der Waals surface area contributed by atoms with E-state index >= 15 is 0 Å². The quantitative estimate of drug-likeness (QED) is 0.724. The van der Waals surface area contributed by atoms with Crippen molar-refractivity contribution in [3.05, 3.63) is 53.1 Å². The molecule has 3 rings (SSSR count). The molecule has 0 spiro atoms. The molecule has 0 saturated heterocycles. The maximum absolute atomic E-state index is 5.98. The van der Waals surface area contributed by atoms with Crippen LogP contribution in [0.1, 0.15) is 11.5 Å². The highest BCUT2D eigenvalue weighted by atomic mass is 35.5. The number of hydrogen-bond donors (Lipinski definition) is 0. The van der Waals surface area contributed by atoms with Gasteiger partial charge < -0.3 is 4.52 Å². The Balaban J connectivity index is 1.66. The van der Waals surface area contributed by atoms with Crippen LogP contribution in [0.3, 0.4) is 0 Å². The van der Waals surface area contributed by atoms with E-state index in [4.69, 9.17) is 16.1 Å². The van der Waals surface area contributed by atoms with Gasteiger partial charge in [-0.2, -0.15) is 10.1 Å². The van der Waals surface area contributed by atoms with Crippen LogP contribution in [0.2, 0.25) is 5.02 Å². The Labute approximate surface area is 133 Å². The SMILES string of the molecule is CN(Cc1cnn(C)c1)Cc1nc(-c2cccc(Cl)c2)no1. The maximum Gasteiger partial charge on any atom is 0.241 e. The lowest BCUT2D eigenvalue weighted by Gasteiger charge is -2.12. The molecule has 0 aliphatic heterocycles. The van der Waals surface area contributed by atoms with Crippen LogP contribution in [0, 0.1) is 0 Å². The Morgan fingerprint density at radius 1 is 1.32 bits per heavy atom. The summed E-state index contributed by atoms with van der Waals surface area (Å²) >= 11 is 5.98. The smallest absolute Gasteiger partial charge is 0.241 e. The van der Waals surface area contributed by atoms with Crippen molar-refractivity contribution in [1.29, 1.82) is 0 Å². The van der Waals surface area contributed by atoms with Gasteiger partial charge in [0.1, 0.15) is 0 Å². The second kappa shape index (κ2) is 6.29. The Morgan fingerprint density at radius 2 is 2.18 bits per heavy atom. The number of rotatable bonds is 5. The van der Waals surface area contributed by atoms with Crippen LogP contribution in [0.4, 0.5) is 0 Å². The second-order valence-corrected chi connectivity index (χ2v) is 5.65. The highest BCUT2D eigenvalue weighted by Gasteiger charge is 2.11. The molecule has 2 heterocycles. The fraction of sp³-hybridized carbons (Fsp3) is 0.267. The van der Waals surface area contributed by atoms with Gasteiger partial charge in [0.25, 0.3) is 0 Å². The summed E-state index contributed by atoms with van der Waals surface area (Å²) in [6.45, 7) is 1.34. The van der Waals surface area contributed by atoms with E-state index < -0.39 is 0 Å². The average Bonchev–Trinajstić information content (AvgIpc) is 3.08. The molecular formula is C15H16ClN5O. The zero-order valence-corrected chi connectivity index (χ0v) is 13.2. The summed E-state index contributed by atoms with van der Waals surface area (Å²) in [5.41, 5.74) is 1.98. The van der Waals surface area contributed by atoms with E-state index in [0.29, 0.717) is 23.3 Å². The van der Waals surface area contributed by atoms with Gasteiger partial charge >= 0.3 is 0 Å². The van der Waals surface area contributed by atoms with Crippen molar-refractivity contribution < 1.29 is 4.52 Å². The van der Waals surface area contributed by atoms with Gasteiger partial charge in [-0.15, -0.1) is 0 Å². The van der Waals surface area contributed by atoms with Gasteiger partial charge in [0.15, 0.2) is 0 Å². The standard InChI is InChI=1S/C15H16ClN5O/c1-20(8-11-7-17-21(2)9-11)10-14-18-15(19-22-14)12-4-3-5-13(16)6-12/h3-7,9H,8,10H2,1-2H3. The minimum absolute atomic E-state index is 0.548. The molecule has 7 heteroatoms. The van der Waals surface area contributed by atoms with E-state index in [9.17, 15) is 0 Å². The van der Waals surface area contributed by atoms with Crippen molar-refractivity contribution in [1.82, 2.24) is 24.8 Å². The van der Waals surface area contributed by atoms with Crippen molar-refractivity contribution in [2.24, 2.45) is 7.05 Å². The van der Waals surface area contributed by atoms with Gasteiger partial charge in [-0.05, 0) is 19.2 Å². The van der Waals surface area contributed by atoms with E-state index in [1.54, 1.807) is 4.68 Å². The number of halogens is 1. The molecule has 3 aromatic rings. The molecule has 2 aromatic heterocycles. The first-order chi connectivity index (χ1) is 10.6. The van der Waals surface area contributed by atoms with Crippen LogP contribution >= 0.6 is 11.6 Å². The van der Waals surface area contributed by atoms with Crippen molar-refractivity contribution >= 4 is 11.6 Å². The molecule has 0 atom stereocenters. The Bertz CT molecular complexity index is 767. The molecule has 0 aliphatic carbocycles. The number of hydrogen-bond acceptors (Lipinski definition) is 5. The Kier molecular flexibility index (Phi) is 4.22. The van der Waals surface area contributed by atoms with Crippen molar-refractivity contribution in [3.63, 3.8) is 0 Å². The zero-order chi connectivity index (χ0) is 15.5. The van der Waals surface area contributed by atoms with E-state index in [0.717, 1.165) is 17.7 Å². The van der Waals surface area contributed by atoms with Crippen LogP contribution in [0.15, 0.2) is 41.2 Å². The van der Waals surface area contributed by atoms with E-state index in [1.165, 1.54) is 0 Å². The topological polar surface area (TPSA) is 60.0 Å². The first kappa shape index (κ1) is 14.7. The first-order valence-electron chi connectivity index (χ1n) is 6.85. The third-order valence-corrected chi connectivity index (χ3v) is 3.40. The largest absolute Gasteiger partial charge is 0.338 e. The van der Waals surface area contributed by atoms with Gasteiger partial charge in [-0.3, -0.25) is 9.58 Å². The van der Waals surface area contributed by atoms with E-state index in [-0.39, 0.29) is 0 Å². The lowest BCUT2D eigenvalue weighted by Crippen LogP contribution is -2.17. The fourth-order valence-electron chi connectivity index (χ4n) is 2.22. The molecule has 22 heavy (non-hydrogen) atoms. The molecule has 0 radical (unpaired) electrons. The summed E-state index contributed by atoms with van der Waals surface area (Å²) in [6.07, 6.45) is 3.84. The fourth-order valence-corrected chi connectivity index (χ4v) is 2.41. The summed E-state index contributed by atoms with van der Waals surface area (Å²) < 4.78 is 7.09. The normalized spacial score (nSPS) is 11.3. The average molecular weight is 318 g/mol. The summed E-state index contributed by atoms with van der Waals surface area (Å²) in [5, 5.41) is 8.81. The van der Waals surface area contributed by atoms with Gasteiger partial charge in [-0.25, -0.2) is 0 Å². The van der Waals surface area contributed by atoms with Gasteiger partial charge in [-0.1, -0.05) is 28.9 Å². The van der Waals surface area contributed by atoms with Gasteiger partial charge in [0, 0.05) is 35.9 Å². The summed E-state index contributed by atoms with van der Waals surface area (Å²) in [5.74, 6) is 1.12. The van der Waals surface area contributed by atoms with Crippen LogP contribution in [-0.2, 0) is 20.1 Å². The predicted molar refractivity (Wildman–Crippen MR) is 83.1 cm³/mol. The minimum Gasteiger partial charge on any atom is -0.338 e. The third kappa shape index (κ3) is 3.52. The predicted octanol–water partition coefficient (Wildman–Crippen LogP) is 2.76. The molecule has 0 bridgehead atoms. The van der Waals surface area contributed by atoms with Gasteiger partial charge in [0.2, 0.25) is 11.7 Å². The summed E-state index contributed by atoms with van der Waals surface area (Å²) in [6, 6.07) is 7.39. The molecule has 0 fully saturated rings. The molecular weight excluding hydrogens is 302 g/mol.